The molecule has 2 aromatic rings. The molecule has 1 saturated carbocycles. The molecule has 0 spiro atoms. The number of thiocarbonyl (C=S) groups is 1. The fourth-order valence-electron chi connectivity index (χ4n) is 4.12. The Morgan fingerprint density at radius 3 is 2.70 bits per heavy atom. The van der Waals surface area contributed by atoms with Gasteiger partial charge in [0.25, 0.3) is 0 Å². The molecule has 4 rings (SSSR count). The van der Waals surface area contributed by atoms with Crippen LogP contribution < -0.4 is 5.32 Å². The maximum Gasteiger partial charge on any atom is 0.120 e. The van der Waals surface area contributed by atoms with Crippen LogP contribution in [0, 0.1) is 17.2 Å². The molecule has 1 unspecified atom stereocenters. The maximum atomic E-state index is 9.16. The SMILES string of the molecule is Cn1c(C#N)ccc1-c1ccc2c(c1)C(C1CCCC1)C(=S)N2. The predicted molar refractivity (Wildman–Crippen MR) is 96.5 cm³/mol. The normalized spacial score (nSPS) is 20.3. The van der Waals surface area contributed by atoms with Gasteiger partial charge in [0.2, 0.25) is 0 Å². The molecule has 2 aliphatic rings. The molecule has 1 atom stereocenters. The van der Waals surface area contributed by atoms with Crippen LogP contribution >= 0.6 is 12.2 Å². The lowest BCUT2D eigenvalue weighted by atomic mass is 9.85. The van der Waals surface area contributed by atoms with Gasteiger partial charge in [0.05, 0.1) is 4.99 Å². The third-order valence-electron chi connectivity index (χ3n) is 5.33. The second kappa shape index (κ2) is 5.50. The zero-order valence-corrected chi connectivity index (χ0v) is 14.0. The van der Waals surface area contributed by atoms with Crippen LogP contribution in [0.1, 0.15) is 42.9 Å². The van der Waals surface area contributed by atoms with Crippen LogP contribution in [0.4, 0.5) is 5.69 Å². The number of benzene rings is 1. The van der Waals surface area contributed by atoms with Crippen molar-refractivity contribution in [1.29, 1.82) is 5.26 Å². The largest absolute Gasteiger partial charge is 0.349 e. The van der Waals surface area contributed by atoms with Gasteiger partial charge in [0.15, 0.2) is 0 Å². The van der Waals surface area contributed by atoms with Crippen molar-refractivity contribution in [3.05, 3.63) is 41.6 Å². The first kappa shape index (κ1) is 14.5. The molecule has 0 bridgehead atoms. The molecular weight excluding hydrogens is 302 g/mol. The van der Waals surface area contributed by atoms with Crippen LogP contribution in [-0.2, 0) is 7.05 Å². The molecule has 1 N–H and O–H groups in total. The molecule has 1 aromatic carbocycles. The lowest BCUT2D eigenvalue weighted by Crippen LogP contribution is -2.17. The standard InChI is InChI=1S/C19H19N3S/c1-22-14(11-20)7-9-17(22)13-6-8-16-15(10-13)18(19(23)21-16)12-4-2-3-5-12/h6-10,12,18H,2-5H2,1H3,(H,21,23). The summed E-state index contributed by atoms with van der Waals surface area (Å²) in [6, 6.07) is 12.6. The van der Waals surface area contributed by atoms with Gasteiger partial charge < -0.3 is 9.88 Å². The van der Waals surface area contributed by atoms with Crippen molar-refractivity contribution in [1.82, 2.24) is 4.57 Å². The lowest BCUT2D eigenvalue weighted by Gasteiger charge is -2.18. The van der Waals surface area contributed by atoms with Crippen LogP contribution in [-0.4, -0.2) is 9.56 Å². The zero-order valence-electron chi connectivity index (χ0n) is 13.2. The third-order valence-corrected chi connectivity index (χ3v) is 5.69. The van der Waals surface area contributed by atoms with E-state index in [9.17, 15) is 0 Å². The summed E-state index contributed by atoms with van der Waals surface area (Å²) >= 11 is 5.63. The molecule has 4 heteroatoms. The number of nitrogens with zero attached hydrogens (tertiary/aromatic N) is 2. The van der Waals surface area contributed by atoms with Crippen LogP contribution in [0.3, 0.4) is 0 Å². The van der Waals surface area contributed by atoms with E-state index in [0.717, 1.165) is 21.9 Å². The van der Waals surface area contributed by atoms with Crippen LogP contribution in [0.25, 0.3) is 11.3 Å². The topological polar surface area (TPSA) is 40.8 Å². The minimum atomic E-state index is 0.359. The number of aromatic nitrogens is 1. The van der Waals surface area contributed by atoms with E-state index in [1.54, 1.807) is 0 Å². The number of fused-ring (bicyclic) bond motifs is 1. The summed E-state index contributed by atoms with van der Waals surface area (Å²) in [6.45, 7) is 0. The van der Waals surface area contributed by atoms with E-state index >= 15 is 0 Å². The number of hydrogen-bond acceptors (Lipinski definition) is 2. The van der Waals surface area contributed by atoms with E-state index in [2.05, 4.69) is 29.6 Å². The highest BCUT2D eigenvalue weighted by atomic mass is 32.1. The minimum Gasteiger partial charge on any atom is -0.349 e. The number of nitriles is 1. The number of rotatable bonds is 2. The molecule has 23 heavy (non-hydrogen) atoms. The Kier molecular flexibility index (Phi) is 3.46. The molecule has 0 radical (unpaired) electrons. The Morgan fingerprint density at radius 1 is 1.22 bits per heavy atom. The number of hydrogen-bond donors (Lipinski definition) is 1. The first-order valence-electron chi connectivity index (χ1n) is 8.20. The van der Waals surface area contributed by atoms with Crippen molar-refractivity contribution in [2.45, 2.75) is 31.6 Å². The summed E-state index contributed by atoms with van der Waals surface area (Å²) in [6.07, 6.45) is 5.20. The summed E-state index contributed by atoms with van der Waals surface area (Å²) < 4.78 is 1.95. The minimum absolute atomic E-state index is 0.359. The Morgan fingerprint density at radius 2 is 2.00 bits per heavy atom. The third kappa shape index (κ3) is 2.27. The smallest absolute Gasteiger partial charge is 0.120 e. The molecule has 0 saturated heterocycles. The first-order valence-corrected chi connectivity index (χ1v) is 8.61. The highest BCUT2D eigenvalue weighted by Crippen LogP contribution is 2.45. The molecule has 1 aliphatic carbocycles. The zero-order chi connectivity index (χ0) is 16.0. The van der Waals surface area contributed by atoms with Gasteiger partial charge in [-0.25, -0.2) is 0 Å². The van der Waals surface area contributed by atoms with Gasteiger partial charge in [0, 0.05) is 24.3 Å². The number of anilines is 1. The second-order valence-electron chi connectivity index (χ2n) is 6.59. The average Bonchev–Trinajstić information content (AvgIpc) is 3.24. The van der Waals surface area contributed by atoms with E-state index in [-0.39, 0.29) is 0 Å². The van der Waals surface area contributed by atoms with E-state index in [1.807, 2.05) is 23.7 Å². The molecule has 0 amide bonds. The summed E-state index contributed by atoms with van der Waals surface area (Å²) in [5.41, 5.74) is 5.40. The second-order valence-corrected chi connectivity index (χ2v) is 7.03. The Balaban J connectivity index is 1.77. The fraction of sp³-hybridized carbons (Fsp3) is 0.368. The van der Waals surface area contributed by atoms with E-state index in [4.69, 9.17) is 17.5 Å². The fourth-order valence-corrected chi connectivity index (χ4v) is 4.55. The van der Waals surface area contributed by atoms with Gasteiger partial charge in [-0.2, -0.15) is 5.26 Å². The van der Waals surface area contributed by atoms with Crippen LogP contribution in [0.5, 0.6) is 0 Å². The summed E-state index contributed by atoms with van der Waals surface area (Å²) in [7, 11) is 1.94. The van der Waals surface area contributed by atoms with E-state index in [0.29, 0.717) is 17.5 Å². The molecule has 1 fully saturated rings. The van der Waals surface area contributed by atoms with Gasteiger partial charge >= 0.3 is 0 Å². The van der Waals surface area contributed by atoms with Gasteiger partial charge in [-0.15, -0.1) is 0 Å². The average molecular weight is 321 g/mol. The van der Waals surface area contributed by atoms with Crippen molar-refractivity contribution in [3.63, 3.8) is 0 Å². The molecule has 3 nitrogen and oxygen atoms in total. The highest BCUT2D eigenvalue weighted by Gasteiger charge is 2.35. The molecular formula is C19H19N3S. The highest BCUT2D eigenvalue weighted by molar-refractivity contribution is 7.80. The lowest BCUT2D eigenvalue weighted by molar-refractivity contribution is 0.521. The van der Waals surface area contributed by atoms with E-state index < -0.39 is 0 Å². The summed E-state index contributed by atoms with van der Waals surface area (Å²) in [5.74, 6) is 1.03. The summed E-state index contributed by atoms with van der Waals surface area (Å²) in [4.78, 5) is 0.980. The Hall–Kier alpha value is -2.12. The van der Waals surface area contributed by atoms with Gasteiger partial charge in [-0.1, -0.05) is 31.1 Å². The van der Waals surface area contributed by atoms with Gasteiger partial charge in [-0.05, 0) is 54.2 Å². The molecule has 116 valence electrons. The van der Waals surface area contributed by atoms with Gasteiger partial charge in [0.1, 0.15) is 11.8 Å². The maximum absolute atomic E-state index is 9.16. The summed E-state index contributed by atoms with van der Waals surface area (Å²) in [5, 5.41) is 12.6. The van der Waals surface area contributed by atoms with Crippen molar-refractivity contribution < 1.29 is 0 Å². The van der Waals surface area contributed by atoms with Crippen LogP contribution in [0.15, 0.2) is 30.3 Å². The van der Waals surface area contributed by atoms with Gasteiger partial charge in [-0.3, -0.25) is 0 Å². The van der Waals surface area contributed by atoms with Crippen molar-refractivity contribution in [3.8, 4) is 17.3 Å². The molecule has 2 heterocycles. The number of nitrogens with one attached hydrogen (secondary N) is 1. The van der Waals surface area contributed by atoms with Crippen molar-refractivity contribution in [2.24, 2.45) is 13.0 Å². The van der Waals surface area contributed by atoms with Crippen molar-refractivity contribution in [2.75, 3.05) is 5.32 Å². The van der Waals surface area contributed by atoms with Crippen LogP contribution in [0.2, 0.25) is 0 Å². The van der Waals surface area contributed by atoms with E-state index in [1.165, 1.54) is 31.2 Å². The Labute approximate surface area is 141 Å². The molecule has 1 aromatic heterocycles. The predicted octanol–water partition coefficient (Wildman–Crippen LogP) is 4.59. The first-order chi connectivity index (χ1) is 11.2. The molecule has 1 aliphatic heterocycles. The quantitative estimate of drug-likeness (QED) is 0.822. The monoisotopic (exact) mass is 321 g/mol. The van der Waals surface area contributed by atoms with Crippen molar-refractivity contribution >= 4 is 22.9 Å². The Bertz CT molecular complexity index is 822.